The average Bonchev–Trinajstić information content (AvgIpc) is 2.86. The predicted octanol–water partition coefficient (Wildman–Crippen LogP) is 5.02. The molecule has 5 nitrogen and oxygen atoms in total. The Morgan fingerprint density at radius 2 is 1.62 bits per heavy atom. The molecule has 0 spiro atoms. The smallest absolute Gasteiger partial charge is 0.161 e. The molecule has 2 heterocycles. The van der Waals surface area contributed by atoms with Gasteiger partial charge in [0.05, 0.1) is 6.10 Å². The quantitative estimate of drug-likeness (QED) is 0.488. The molecule has 5 heteroatoms. The lowest BCUT2D eigenvalue weighted by molar-refractivity contribution is 0.100. The van der Waals surface area contributed by atoms with Gasteiger partial charge in [-0.3, -0.25) is 4.90 Å². The van der Waals surface area contributed by atoms with E-state index in [0.717, 1.165) is 81.3 Å². The third-order valence-corrected chi connectivity index (χ3v) is 6.88. The number of unbranched alkanes of at least 4 members (excludes halogenated alkanes) is 1. The maximum atomic E-state index is 10.4. The fraction of sp³-hybridized carbons (Fsp3) is 0.448. The van der Waals surface area contributed by atoms with E-state index in [1.807, 2.05) is 18.2 Å². The van der Waals surface area contributed by atoms with E-state index >= 15 is 0 Å². The Morgan fingerprint density at radius 1 is 0.912 bits per heavy atom. The number of aryl methyl sites for hydroxylation is 2. The molecule has 1 N–H and O–H groups in total. The van der Waals surface area contributed by atoms with Crippen molar-refractivity contribution in [3.05, 3.63) is 77.0 Å². The van der Waals surface area contributed by atoms with E-state index in [2.05, 4.69) is 67.0 Å². The van der Waals surface area contributed by atoms with E-state index in [1.165, 1.54) is 16.7 Å². The molecule has 0 radical (unpaired) electrons. The molecule has 0 amide bonds. The van der Waals surface area contributed by atoms with E-state index in [1.54, 1.807) is 0 Å². The largest absolute Gasteiger partial charge is 0.392 e. The molecule has 0 saturated carbocycles. The van der Waals surface area contributed by atoms with Crippen molar-refractivity contribution in [3.63, 3.8) is 0 Å². The van der Waals surface area contributed by atoms with Crippen LogP contribution in [0.5, 0.6) is 0 Å². The summed E-state index contributed by atoms with van der Waals surface area (Å²) in [6.45, 7) is 10.9. The van der Waals surface area contributed by atoms with Crippen LogP contribution in [-0.4, -0.2) is 58.8 Å². The summed E-state index contributed by atoms with van der Waals surface area (Å²) in [6, 6.07) is 18.8. The minimum absolute atomic E-state index is 0.228. The van der Waals surface area contributed by atoms with E-state index in [4.69, 9.17) is 9.97 Å². The van der Waals surface area contributed by atoms with Crippen LogP contribution < -0.4 is 4.90 Å². The molecule has 0 aliphatic carbocycles. The first kappa shape index (κ1) is 24.4. The molecular formula is C29H38N4O. The first-order valence-electron chi connectivity index (χ1n) is 12.7. The number of nitrogens with zero attached hydrogens (tertiary/aromatic N) is 4. The Labute approximate surface area is 204 Å². The molecule has 0 bridgehead atoms. The molecule has 2 aromatic carbocycles. The van der Waals surface area contributed by atoms with Crippen LogP contribution in [0.2, 0.25) is 0 Å². The molecule has 1 aromatic heterocycles. The van der Waals surface area contributed by atoms with Crippen LogP contribution in [0, 0.1) is 13.8 Å². The number of hydrogen-bond acceptors (Lipinski definition) is 5. The zero-order valence-corrected chi connectivity index (χ0v) is 20.9. The monoisotopic (exact) mass is 458 g/mol. The van der Waals surface area contributed by atoms with Crippen LogP contribution in [-0.2, 0) is 6.42 Å². The van der Waals surface area contributed by atoms with Crippen LogP contribution in [0.15, 0.2) is 54.6 Å². The van der Waals surface area contributed by atoms with Gasteiger partial charge in [-0.1, -0.05) is 74.4 Å². The lowest BCUT2D eigenvalue weighted by Crippen LogP contribution is -2.49. The van der Waals surface area contributed by atoms with Gasteiger partial charge in [-0.2, -0.15) is 0 Å². The zero-order chi connectivity index (χ0) is 23.9. The van der Waals surface area contributed by atoms with Gasteiger partial charge < -0.3 is 10.0 Å². The maximum Gasteiger partial charge on any atom is 0.161 e. The van der Waals surface area contributed by atoms with E-state index in [0.29, 0.717) is 0 Å². The van der Waals surface area contributed by atoms with E-state index in [9.17, 15) is 5.11 Å². The van der Waals surface area contributed by atoms with Gasteiger partial charge in [0.2, 0.25) is 0 Å². The number of aliphatic hydroxyl groups is 1. The molecule has 180 valence electrons. The molecule has 1 aliphatic rings. The third-order valence-electron chi connectivity index (χ3n) is 6.88. The van der Waals surface area contributed by atoms with Crippen LogP contribution in [0.3, 0.4) is 0 Å². The van der Waals surface area contributed by atoms with Gasteiger partial charge in [-0.25, -0.2) is 9.97 Å². The molecule has 34 heavy (non-hydrogen) atoms. The topological polar surface area (TPSA) is 52.5 Å². The molecule has 1 saturated heterocycles. The van der Waals surface area contributed by atoms with Crippen molar-refractivity contribution in [1.29, 1.82) is 0 Å². The lowest BCUT2D eigenvalue weighted by Gasteiger charge is -2.37. The maximum absolute atomic E-state index is 10.4. The van der Waals surface area contributed by atoms with E-state index in [-0.39, 0.29) is 6.10 Å². The number of β-amino-alcohol motifs (C(OH)–C–C–N with tert-alkyl or cyclic N) is 1. The van der Waals surface area contributed by atoms with E-state index < -0.39 is 0 Å². The highest BCUT2D eigenvalue weighted by atomic mass is 16.3. The number of rotatable bonds is 9. The number of aliphatic hydroxyl groups excluding tert-OH is 1. The molecule has 0 unspecified atom stereocenters. The van der Waals surface area contributed by atoms with Crippen LogP contribution in [0.1, 0.15) is 48.6 Å². The van der Waals surface area contributed by atoms with Crippen molar-refractivity contribution in [3.8, 4) is 11.4 Å². The Balaban J connectivity index is 1.59. The number of anilines is 1. The number of benzene rings is 2. The Hall–Kier alpha value is -2.76. The SMILES string of the molecule is CCCC[C@@H](O)CN1CCN(c2nc(-c3ccccc3)nc(C)c2Cc2ccccc2C)CC1. The van der Waals surface area contributed by atoms with Gasteiger partial charge in [0, 0.05) is 56.0 Å². The highest BCUT2D eigenvalue weighted by molar-refractivity contribution is 5.61. The van der Waals surface area contributed by atoms with Crippen LogP contribution in [0.25, 0.3) is 11.4 Å². The fourth-order valence-corrected chi connectivity index (χ4v) is 4.74. The summed E-state index contributed by atoms with van der Waals surface area (Å²) in [6.07, 6.45) is 3.72. The molecule has 4 rings (SSSR count). The van der Waals surface area contributed by atoms with Gasteiger partial charge in [-0.05, 0) is 31.4 Å². The van der Waals surface area contributed by atoms with Gasteiger partial charge in [-0.15, -0.1) is 0 Å². The summed E-state index contributed by atoms with van der Waals surface area (Å²) in [5.74, 6) is 1.85. The second kappa shape index (κ2) is 11.6. The second-order valence-electron chi connectivity index (χ2n) is 9.49. The number of hydrogen-bond donors (Lipinski definition) is 1. The summed E-state index contributed by atoms with van der Waals surface area (Å²) in [5, 5.41) is 10.4. The van der Waals surface area contributed by atoms with Crippen molar-refractivity contribution in [2.75, 3.05) is 37.6 Å². The zero-order valence-electron chi connectivity index (χ0n) is 20.9. The molecule has 1 atom stereocenters. The predicted molar refractivity (Wildman–Crippen MR) is 140 cm³/mol. The fourth-order valence-electron chi connectivity index (χ4n) is 4.74. The second-order valence-corrected chi connectivity index (χ2v) is 9.49. The summed E-state index contributed by atoms with van der Waals surface area (Å²) >= 11 is 0. The Kier molecular flexibility index (Phi) is 8.30. The molecule has 1 fully saturated rings. The summed E-state index contributed by atoms with van der Waals surface area (Å²) in [4.78, 5) is 14.9. The van der Waals surface area contributed by atoms with Crippen molar-refractivity contribution in [1.82, 2.24) is 14.9 Å². The highest BCUT2D eigenvalue weighted by Gasteiger charge is 2.24. The minimum atomic E-state index is -0.228. The van der Waals surface area contributed by atoms with Crippen molar-refractivity contribution in [2.45, 2.75) is 52.6 Å². The van der Waals surface area contributed by atoms with Gasteiger partial charge in [0.1, 0.15) is 5.82 Å². The first-order valence-corrected chi connectivity index (χ1v) is 12.7. The van der Waals surface area contributed by atoms with Crippen LogP contribution >= 0.6 is 0 Å². The normalized spacial score (nSPS) is 15.5. The standard InChI is InChI=1S/C29H38N4O/c1-4-5-15-26(34)21-32-16-18-33(19-17-32)29-27(20-25-14-10-9-11-22(25)2)23(3)30-28(31-29)24-12-7-6-8-13-24/h6-14,26,34H,4-5,15-21H2,1-3H3/t26-/m1/s1. The Bertz CT molecular complexity index is 1060. The molecule has 3 aromatic rings. The minimum Gasteiger partial charge on any atom is -0.392 e. The van der Waals surface area contributed by atoms with Crippen molar-refractivity contribution in [2.24, 2.45) is 0 Å². The van der Waals surface area contributed by atoms with Crippen molar-refractivity contribution < 1.29 is 5.11 Å². The number of aromatic nitrogens is 2. The Morgan fingerprint density at radius 3 is 2.32 bits per heavy atom. The number of piperazine rings is 1. The van der Waals surface area contributed by atoms with Gasteiger partial charge >= 0.3 is 0 Å². The lowest BCUT2D eigenvalue weighted by atomic mass is 9.99. The average molecular weight is 459 g/mol. The summed E-state index contributed by atoms with van der Waals surface area (Å²) in [5.41, 5.74) is 5.92. The van der Waals surface area contributed by atoms with Crippen LogP contribution in [0.4, 0.5) is 5.82 Å². The molecular weight excluding hydrogens is 420 g/mol. The highest BCUT2D eigenvalue weighted by Crippen LogP contribution is 2.29. The van der Waals surface area contributed by atoms with Gasteiger partial charge in [0.25, 0.3) is 0 Å². The summed E-state index contributed by atoms with van der Waals surface area (Å²) < 4.78 is 0. The summed E-state index contributed by atoms with van der Waals surface area (Å²) in [7, 11) is 0. The van der Waals surface area contributed by atoms with Gasteiger partial charge in [0.15, 0.2) is 5.82 Å². The first-order chi connectivity index (χ1) is 16.5. The molecule has 1 aliphatic heterocycles. The third kappa shape index (κ3) is 6.02. The van der Waals surface area contributed by atoms with Crippen molar-refractivity contribution >= 4 is 5.82 Å².